The number of methoxy groups -OCH3 is 1. The van der Waals surface area contributed by atoms with Gasteiger partial charge < -0.3 is 10.5 Å². The number of pyridine rings is 1. The summed E-state index contributed by atoms with van der Waals surface area (Å²) in [4.78, 5) is 4.17. The number of nitrogens with zero attached hydrogens (tertiary/aromatic N) is 1. The molecule has 3 nitrogen and oxygen atoms in total. The standard InChI is InChI=1S/C12H11BrN2O/c1-16-11-5-3-2-4-8(11)9-7-15-12(13)6-10(9)14/h2-7H,1H3,(H2,14,15). The molecule has 0 fully saturated rings. The minimum Gasteiger partial charge on any atom is -0.496 e. The third kappa shape index (κ3) is 2.02. The van der Waals surface area contributed by atoms with Gasteiger partial charge in [0, 0.05) is 23.0 Å². The monoisotopic (exact) mass is 278 g/mol. The zero-order chi connectivity index (χ0) is 11.5. The first kappa shape index (κ1) is 11.0. The Kier molecular flexibility index (Phi) is 3.10. The highest BCUT2D eigenvalue weighted by Crippen LogP contribution is 2.33. The molecule has 0 atom stereocenters. The van der Waals surface area contributed by atoms with Gasteiger partial charge in [-0.2, -0.15) is 0 Å². The Hall–Kier alpha value is -1.55. The molecule has 1 heterocycles. The molecule has 82 valence electrons. The summed E-state index contributed by atoms with van der Waals surface area (Å²) in [7, 11) is 1.64. The third-order valence-electron chi connectivity index (χ3n) is 2.30. The first-order valence-corrected chi connectivity index (χ1v) is 5.56. The number of hydrogen-bond donors (Lipinski definition) is 1. The molecule has 0 unspecified atom stereocenters. The van der Waals surface area contributed by atoms with E-state index in [1.54, 1.807) is 19.4 Å². The summed E-state index contributed by atoms with van der Waals surface area (Å²) in [5, 5.41) is 0. The second-order valence-electron chi connectivity index (χ2n) is 3.29. The molecule has 0 saturated carbocycles. The number of benzene rings is 1. The predicted octanol–water partition coefficient (Wildman–Crippen LogP) is 3.10. The third-order valence-corrected chi connectivity index (χ3v) is 2.73. The van der Waals surface area contributed by atoms with Crippen LogP contribution in [0.2, 0.25) is 0 Å². The van der Waals surface area contributed by atoms with Crippen molar-refractivity contribution < 1.29 is 4.74 Å². The van der Waals surface area contributed by atoms with E-state index in [4.69, 9.17) is 10.5 Å². The van der Waals surface area contributed by atoms with E-state index in [2.05, 4.69) is 20.9 Å². The normalized spacial score (nSPS) is 10.1. The fourth-order valence-corrected chi connectivity index (χ4v) is 1.89. The molecule has 1 aromatic heterocycles. The lowest BCUT2D eigenvalue weighted by Gasteiger charge is -2.10. The first-order valence-electron chi connectivity index (χ1n) is 4.77. The van der Waals surface area contributed by atoms with Crippen LogP contribution < -0.4 is 10.5 Å². The van der Waals surface area contributed by atoms with Crippen molar-refractivity contribution in [2.24, 2.45) is 0 Å². The molecule has 16 heavy (non-hydrogen) atoms. The van der Waals surface area contributed by atoms with Crippen molar-refractivity contribution in [2.45, 2.75) is 0 Å². The van der Waals surface area contributed by atoms with Gasteiger partial charge in [0.25, 0.3) is 0 Å². The van der Waals surface area contributed by atoms with Gasteiger partial charge in [0.15, 0.2) is 0 Å². The van der Waals surface area contributed by atoms with E-state index in [0.717, 1.165) is 21.5 Å². The molecule has 0 radical (unpaired) electrons. The van der Waals surface area contributed by atoms with E-state index in [-0.39, 0.29) is 0 Å². The van der Waals surface area contributed by atoms with Crippen molar-refractivity contribution in [1.29, 1.82) is 0 Å². The molecule has 2 aromatic rings. The second-order valence-corrected chi connectivity index (χ2v) is 4.11. The zero-order valence-electron chi connectivity index (χ0n) is 8.77. The van der Waals surface area contributed by atoms with Crippen LogP contribution in [-0.4, -0.2) is 12.1 Å². The van der Waals surface area contributed by atoms with Crippen LogP contribution in [0.15, 0.2) is 41.1 Å². The van der Waals surface area contributed by atoms with Crippen LogP contribution in [0.4, 0.5) is 5.69 Å². The Morgan fingerprint density at radius 3 is 2.69 bits per heavy atom. The van der Waals surface area contributed by atoms with E-state index in [0.29, 0.717) is 5.69 Å². The number of hydrogen-bond acceptors (Lipinski definition) is 3. The maximum atomic E-state index is 5.95. The number of nitrogen functional groups attached to an aromatic ring is 1. The molecule has 2 rings (SSSR count). The van der Waals surface area contributed by atoms with Gasteiger partial charge in [0.05, 0.1) is 7.11 Å². The average molecular weight is 279 g/mol. The summed E-state index contributed by atoms with van der Waals surface area (Å²) in [5.41, 5.74) is 8.45. The lowest BCUT2D eigenvalue weighted by atomic mass is 10.1. The van der Waals surface area contributed by atoms with Crippen LogP contribution in [-0.2, 0) is 0 Å². The maximum Gasteiger partial charge on any atom is 0.126 e. The molecule has 4 heteroatoms. The smallest absolute Gasteiger partial charge is 0.126 e. The number of ether oxygens (including phenoxy) is 1. The summed E-state index contributed by atoms with van der Waals surface area (Å²) in [6, 6.07) is 9.50. The fourth-order valence-electron chi connectivity index (χ4n) is 1.54. The lowest BCUT2D eigenvalue weighted by Crippen LogP contribution is -1.94. The van der Waals surface area contributed by atoms with Crippen molar-refractivity contribution in [1.82, 2.24) is 4.98 Å². The molecule has 0 amide bonds. The summed E-state index contributed by atoms with van der Waals surface area (Å²) >= 11 is 3.28. The molecule has 1 aromatic carbocycles. The molecular formula is C12H11BrN2O. The number of nitrogens with two attached hydrogens (primary N) is 1. The molecule has 0 aliphatic rings. The SMILES string of the molecule is COc1ccccc1-c1cnc(Br)cc1N. The Balaban J connectivity index is 2.58. The second kappa shape index (κ2) is 4.53. The van der Waals surface area contributed by atoms with Crippen molar-refractivity contribution >= 4 is 21.6 Å². The number of halogens is 1. The van der Waals surface area contributed by atoms with Crippen LogP contribution in [0.5, 0.6) is 5.75 Å². The Morgan fingerprint density at radius 1 is 1.25 bits per heavy atom. The average Bonchev–Trinajstić information content (AvgIpc) is 2.29. The molecule has 0 spiro atoms. The summed E-state index contributed by atoms with van der Waals surface area (Å²) < 4.78 is 6.02. The Bertz CT molecular complexity index is 514. The van der Waals surface area contributed by atoms with E-state index in [1.807, 2.05) is 24.3 Å². The number of rotatable bonds is 2. The van der Waals surface area contributed by atoms with Crippen molar-refractivity contribution in [3.63, 3.8) is 0 Å². The predicted molar refractivity (Wildman–Crippen MR) is 68.3 cm³/mol. The number of aromatic nitrogens is 1. The van der Waals surface area contributed by atoms with Crippen LogP contribution in [0.25, 0.3) is 11.1 Å². The van der Waals surface area contributed by atoms with E-state index in [1.165, 1.54) is 0 Å². The highest BCUT2D eigenvalue weighted by atomic mass is 79.9. The molecule has 0 saturated heterocycles. The summed E-state index contributed by atoms with van der Waals surface area (Å²) in [6.07, 6.45) is 1.73. The van der Waals surface area contributed by atoms with Crippen LogP contribution >= 0.6 is 15.9 Å². The van der Waals surface area contributed by atoms with Crippen LogP contribution in [0.3, 0.4) is 0 Å². The van der Waals surface area contributed by atoms with Gasteiger partial charge in [-0.15, -0.1) is 0 Å². The zero-order valence-corrected chi connectivity index (χ0v) is 10.4. The highest BCUT2D eigenvalue weighted by Gasteiger charge is 2.08. The topological polar surface area (TPSA) is 48.1 Å². The van der Waals surface area contributed by atoms with E-state index in [9.17, 15) is 0 Å². The summed E-state index contributed by atoms with van der Waals surface area (Å²) in [5.74, 6) is 0.790. The molecule has 0 aliphatic heterocycles. The highest BCUT2D eigenvalue weighted by molar-refractivity contribution is 9.10. The van der Waals surface area contributed by atoms with Gasteiger partial charge in [0.1, 0.15) is 10.4 Å². The van der Waals surface area contributed by atoms with Gasteiger partial charge >= 0.3 is 0 Å². The number of anilines is 1. The Labute approximate surface area is 102 Å². The number of para-hydroxylation sites is 1. The van der Waals surface area contributed by atoms with E-state index < -0.39 is 0 Å². The Morgan fingerprint density at radius 2 is 2.00 bits per heavy atom. The minimum absolute atomic E-state index is 0.673. The molecular weight excluding hydrogens is 268 g/mol. The van der Waals surface area contributed by atoms with Gasteiger partial charge in [-0.3, -0.25) is 0 Å². The molecule has 2 N–H and O–H groups in total. The summed E-state index contributed by atoms with van der Waals surface area (Å²) in [6.45, 7) is 0. The van der Waals surface area contributed by atoms with Gasteiger partial charge in [-0.1, -0.05) is 18.2 Å². The van der Waals surface area contributed by atoms with Crippen molar-refractivity contribution in [3.8, 4) is 16.9 Å². The van der Waals surface area contributed by atoms with E-state index >= 15 is 0 Å². The lowest BCUT2D eigenvalue weighted by molar-refractivity contribution is 0.416. The van der Waals surface area contributed by atoms with Gasteiger partial charge in [-0.25, -0.2) is 4.98 Å². The fraction of sp³-hybridized carbons (Fsp3) is 0.0833. The van der Waals surface area contributed by atoms with Gasteiger partial charge in [0.2, 0.25) is 0 Å². The largest absolute Gasteiger partial charge is 0.496 e. The minimum atomic E-state index is 0.673. The maximum absolute atomic E-state index is 5.95. The first-order chi connectivity index (χ1) is 7.72. The van der Waals surface area contributed by atoms with Crippen LogP contribution in [0.1, 0.15) is 0 Å². The molecule has 0 bridgehead atoms. The van der Waals surface area contributed by atoms with Gasteiger partial charge in [-0.05, 0) is 28.1 Å². The van der Waals surface area contributed by atoms with Crippen molar-refractivity contribution in [2.75, 3.05) is 12.8 Å². The van der Waals surface area contributed by atoms with Crippen LogP contribution in [0, 0.1) is 0 Å². The molecule has 0 aliphatic carbocycles. The quantitative estimate of drug-likeness (QED) is 0.859. The van der Waals surface area contributed by atoms with Crippen molar-refractivity contribution in [3.05, 3.63) is 41.1 Å².